The van der Waals surface area contributed by atoms with E-state index in [-0.39, 0.29) is 29.2 Å². The minimum Gasteiger partial charge on any atom is -0.508 e. The predicted molar refractivity (Wildman–Crippen MR) is 117 cm³/mol. The number of nitrogens with one attached hydrogen (secondary N) is 1. The van der Waals surface area contributed by atoms with Gasteiger partial charge in [-0.3, -0.25) is 14.1 Å². The second-order valence-electron chi connectivity index (χ2n) is 7.85. The Hall–Kier alpha value is -3.37. The van der Waals surface area contributed by atoms with Crippen LogP contribution in [0.15, 0.2) is 36.9 Å². The maximum Gasteiger partial charge on any atom is 0.250 e. The highest BCUT2D eigenvalue weighted by Crippen LogP contribution is 2.32. The molecule has 0 unspecified atom stereocenters. The summed E-state index contributed by atoms with van der Waals surface area (Å²) in [6.45, 7) is 0. The fourth-order valence-electron chi connectivity index (χ4n) is 3.62. The predicted octanol–water partition coefficient (Wildman–Crippen LogP) is -2.25. The van der Waals surface area contributed by atoms with Gasteiger partial charge in [0.05, 0.1) is 18.1 Å². The fraction of sp³-hybridized carbons (Fsp3) is 0.368. The number of aliphatic hydroxyl groups excluding tert-OH is 2. The van der Waals surface area contributed by atoms with E-state index in [1.807, 2.05) is 4.72 Å². The number of ether oxygens (including phenoxy) is 1. The van der Waals surface area contributed by atoms with Crippen molar-refractivity contribution >= 4 is 32.9 Å². The van der Waals surface area contributed by atoms with Gasteiger partial charge in [0.1, 0.15) is 35.9 Å². The Morgan fingerprint density at radius 2 is 1.88 bits per heavy atom. The van der Waals surface area contributed by atoms with Crippen LogP contribution in [0.4, 0.5) is 5.82 Å². The third-order valence-electron chi connectivity index (χ3n) is 5.37. The van der Waals surface area contributed by atoms with Crippen LogP contribution in [-0.4, -0.2) is 79.3 Å². The molecule has 0 bridgehead atoms. The number of aliphatic hydroxyl groups is 2. The zero-order chi connectivity index (χ0) is 24.6. The van der Waals surface area contributed by atoms with Crippen LogP contribution >= 0.6 is 0 Å². The number of aromatic nitrogens is 4. The maximum atomic E-state index is 12.6. The molecule has 1 amide bonds. The summed E-state index contributed by atoms with van der Waals surface area (Å²) in [4.78, 5) is 24.2. The summed E-state index contributed by atoms with van der Waals surface area (Å²) in [5.41, 5.74) is 12.6. The molecule has 14 nitrogen and oxygen atoms in total. The Kier molecular flexibility index (Phi) is 6.37. The van der Waals surface area contributed by atoms with E-state index < -0.39 is 52.3 Å². The van der Waals surface area contributed by atoms with E-state index in [0.29, 0.717) is 5.56 Å². The van der Waals surface area contributed by atoms with Crippen molar-refractivity contribution in [3.8, 4) is 5.75 Å². The number of aromatic hydroxyl groups is 1. The van der Waals surface area contributed by atoms with E-state index in [9.17, 15) is 28.5 Å². The van der Waals surface area contributed by atoms with E-state index in [4.69, 9.17) is 16.2 Å². The second-order valence-corrected chi connectivity index (χ2v) is 9.62. The molecule has 15 heteroatoms. The number of fused-ring (bicyclic) bond motifs is 1. The minimum absolute atomic E-state index is 0.0314. The quantitative estimate of drug-likeness (QED) is 0.205. The van der Waals surface area contributed by atoms with Crippen molar-refractivity contribution in [2.75, 3.05) is 11.5 Å². The summed E-state index contributed by atoms with van der Waals surface area (Å²) in [6.07, 6.45) is -3.18. The van der Waals surface area contributed by atoms with Gasteiger partial charge in [0.2, 0.25) is 10.0 Å². The summed E-state index contributed by atoms with van der Waals surface area (Å²) < 4.78 is 33.9. The van der Waals surface area contributed by atoms with Gasteiger partial charge >= 0.3 is 0 Å². The number of sulfonamides is 1. The highest BCUT2D eigenvalue weighted by atomic mass is 32.2. The number of rotatable bonds is 7. The number of nitrogens with zero attached hydrogens (tertiary/aromatic N) is 4. The van der Waals surface area contributed by atoms with E-state index in [1.165, 1.54) is 29.4 Å². The number of nitrogens with two attached hydrogens (primary N) is 2. The Morgan fingerprint density at radius 1 is 1.18 bits per heavy atom. The molecule has 3 aromatic rings. The Labute approximate surface area is 193 Å². The molecule has 0 aliphatic carbocycles. The van der Waals surface area contributed by atoms with Gasteiger partial charge in [0.15, 0.2) is 17.7 Å². The summed E-state index contributed by atoms with van der Waals surface area (Å²) in [5.74, 6) is -1.63. The molecule has 1 aliphatic rings. The SMILES string of the molecule is Nc1ncnc2c1ncn2[C@@H]1O[C@H](CS(=O)(=O)NC(=O)[C@@H](N)Cc2ccc(O)cc2)[C@@H](O)[C@H]1O. The molecule has 1 fully saturated rings. The zero-order valence-corrected chi connectivity index (χ0v) is 18.4. The average molecular weight is 494 g/mol. The molecule has 0 radical (unpaired) electrons. The first-order chi connectivity index (χ1) is 16.1. The van der Waals surface area contributed by atoms with Crippen molar-refractivity contribution in [1.29, 1.82) is 0 Å². The number of carbonyl (C=O) groups is 1. The highest BCUT2D eigenvalue weighted by Gasteiger charge is 2.46. The molecule has 34 heavy (non-hydrogen) atoms. The summed E-state index contributed by atoms with van der Waals surface area (Å²) in [7, 11) is -4.29. The summed E-state index contributed by atoms with van der Waals surface area (Å²) in [5, 5.41) is 30.2. The fourth-order valence-corrected chi connectivity index (χ4v) is 4.87. The molecule has 5 atom stereocenters. The number of imidazole rings is 1. The van der Waals surface area contributed by atoms with Gasteiger partial charge in [0, 0.05) is 0 Å². The van der Waals surface area contributed by atoms with Crippen molar-refractivity contribution < 1.29 is 33.3 Å². The van der Waals surface area contributed by atoms with Crippen LogP contribution in [0.25, 0.3) is 11.2 Å². The molecular formula is C19H23N7O7S. The van der Waals surface area contributed by atoms with Gasteiger partial charge in [-0.25, -0.2) is 23.4 Å². The monoisotopic (exact) mass is 493 g/mol. The number of phenolic OH excluding ortho intramolecular Hbond substituents is 1. The first-order valence-corrected chi connectivity index (χ1v) is 11.7. The highest BCUT2D eigenvalue weighted by molar-refractivity contribution is 7.90. The lowest BCUT2D eigenvalue weighted by Crippen LogP contribution is -2.47. The van der Waals surface area contributed by atoms with Gasteiger partial charge in [-0.2, -0.15) is 0 Å². The number of phenols is 1. The van der Waals surface area contributed by atoms with E-state index in [0.717, 1.165) is 0 Å². The number of benzene rings is 1. The van der Waals surface area contributed by atoms with Crippen LogP contribution in [0, 0.1) is 0 Å². The number of anilines is 1. The van der Waals surface area contributed by atoms with Gasteiger partial charge in [-0.05, 0) is 24.1 Å². The third kappa shape index (κ3) is 4.78. The van der Waals surface area contributed by atoms with E-state index >= 15 is 0 Å². The number of nitrogen functional groups attached to an aromatic ring is 1. The Balaban J connectivity index is 1.42. The topological polar surface area (TPSA) is 229 Å². The van der Waals surface area contributed by atoms with E-state index in [1.54, 1.807) is 12.1 Å². The molecule has 1 saturated heterocycles. The molecule has 0 saturated carbocycles. The molecule has 182 valence electrons. The summed E-state index contributed by atoms with van der Waals surface area (Å²) in [6, 6.07) is 4.76. The molecule has 2 aromatic heterocycles. The van der Waals surface area contributed by atoms with Crippen LogP contribution < -0.4 is 16.2 Å². The first kappa shape index (κ1) is 23.8. The van der Waals surface area contributed by atoms with Gasteiger partial charge in [0.25, 0.3) is 5.91 Å². The number of carbonyl (C=O) groups excluding carboxylic acids is 1. The molecule has 1 aromatic carbocycles. The average Bonchev–Trinajstić information content (AvgIpc) is 3.32. The molecule has 0 spiro atoms. The largest absolute Gasteiger partial charge is 0.508 e. The lowest BCUT2D eigenvalue weighted by molar-refractivity contribution is -0.120. The molecule has 3 heterocycles. The van der Waals surface area contributed by atoms with Crippen LogP contribution in [0.2, 0.25) is 0 Å². The zero-order valence-electron chi connectivity index (χ0n) is 17.6. The standard InChI is InChI=1S/C19H23N7O7S/c20-11(5-9-1-3-10(27)4-2-9)18(30)25-34(31,32)6-12-14(28)15(29)19(33-12)26-8-24-13-16(21)22-7-23-17(13)26/h1-4,7-8,11-12,14-15,19,27-29H,5-6,20H2,(H,25,30)(H2,21,22,23)/t11-,12+,14+,15+,19+/m0/s1. The van der Waals surface area contributed by atoms with Gasteiger partial charge < -0.3 is 31.5 Å². The number of amides is 1. The van der Waals surface area contributed by atoms with Gasteiger partial charge in [-0.1, -0.05) is 12.1 Å². The smallest absolute Gasteiger partial charge is 0.250 e. The normalized spacial score (nSPS) is 23.7. The molecular weight excluding hydrogens is 470 g/mol. The first-order valence-electron chi connectivity index (χ1n) is 10.1. The van der Waals surface area contributed by atoms with Crippen LogP contribution in [0.1, 0.15) is 11.8 Å². The molecule has 4 rings (SSSR count). The number of hydrogen-bond acceptors (Lipinski definition) is 12. The van der Waals surface area contributed by atoms with Crippen LogP contribution in [0.3, 0.4) is 0 Å². The van der Waals surface area contributed by atoms with Crippen molar-refractivity contribution in [1.82, 2.24) is 24.2 Å². The minimum atomic E-state index is -4.29. The Morgan fingerprint density at radius 3 is 2.59 bits per heavy atom. The lowest BCUT2D eigenvalue weighted by Gasteiger charge is -2.17. The van der Waals surface area contributed by atoms with E-state index in [2.05, 4.69) is 15.0 Å². The van der Waals surface area contributed by atoms with Crippen molar-refractivity contribution in [2.45, 2.75) is 37.0 Å². The van der Waals surface area contributed by atoms with Crippen molar-refractivity contribution in [2.24, 2.45) is 5.73 Å². The molecule has 8 N–H and O–H groups in total. The lowest BCUT2D eigenvalue weighted by atomic mass is 10.1. The number of hydrogen-bond donors (Lipinski definition) is 6. The second kappa shape index (κ2) is 9.11. The maximum absolute atomic E-state index is 12.6. The third-order valence-corrected chi connectivity index (χ3v) is 6.65. The van der Waals surface area contributed by atoms with Crippen LogP contribution in [-0.2, 0) is 26.0 Å². The summed E-state index contributed by atoms with van der Waals surface area (Å²) >= 11 is 0. The Bertz CT molecular complexity index is 1300. The van der Waals surface area contributed by atoms with Gasteiger partial charge in [-0.15, -0.1) is 0 Å². The van der Waals surface area contributed by atoms with Crippen molar-refractivity contribution in [3.05, 3.63) is 42.5 Å². The van der Waals surface area contributed by atoms with Crippen molar-refractivity contribution in [3.63, 3.8) is 0 Å². The molecule has 1 aliphatic heterocycles. The van der Waals surface area contributed by atoms with Crippen LogP contribution in [0.5, 0.6) is 5.75 Å².